The van der Waals surface area contributed by atoms with Gasteiger partial charge in [-0.25, -0.2) is 0 Å². The Morgan fingerprint density at radius 3 is 2.27 bits per heavy atom. The summed E-state index contributed by atoms with van der Waals surface area (Å²) in [7, 11) is 0. The molecule has 1 unspecified atom stereocenters. The molecule has 0 spiro atoms. The summed E-state index contributed by atoms with van der Waals surface area (Å²) >= 11 is 0. The molecule has 3 aliphatic heterocycles. The molecule has 1 N–H and O–H groups in total. The molecule has 11 heavy (non-hydrogen) atoms. The minimum absolute atomic E-state index is 0.164. The Kier molecular flexibility index (Phi) is 1.60. The van der Waals surface area contributed by atoms with Gasteiger partial charge in [0.25, 0.3) is 0 Å². The fourth-order valence-corrected chi connectivity index (χ4v) is 2.22. The van der Waals surface area contributed by atoms with Crippen LogP contribution >= 0.6 is 0 Å². The average molecular weight is 155 g/mol. The van der Waals surface area contributed by atoms with E-state index in [2.05, 4.69) is 4.90 Å². The van der Waals surface area contributed by atoms with Gasteiger partial charge < -0.3 is 5.11 Å². The first-order valence-corrected chi connectivity index (χ1v) is 4.24. The second kappa shape index (κ2) is 2.48. The molecule has 62 valence electrons. The van der Waals surface area contributed by atoms with Crippen molar-refractivity contribution < 1.29 is 9.90 Å². The quantitative estimate of drug-likeness (QED) is 0.601. The van der Waals surface area contributed by atoms with Crippen LogP contribution in [0.25, 0.3) is 0 Å². The highest BCUT2D eigenvalue weighted by atomic mass is 16.4. The molecule has 0 radical (unpaired) electrons. The third kappa shape index (κ3) is 1.13. The van der Waals surface area contributed by atoms with Gasteiger partial charge in [0.1, 0.15) is 6.04 Å². The minimum Gasteiger partial charge on any atom is -0.480 e. The zero-order chi connectivity index (χ0) is 7.84. The molecule has 0 amide bonds. The van der Waals surface area contributed by atoms with E-state index < -0.39 is 5.97 Å². The number of nitrogens with zero attached hydrogens (tertiary/aromatic N) is 1. The van der Waals surface area contributed by atoms with Gasteiger partial charge in [-0.2, -0.15) is 0 Å². The van der Waals surface area contributed by atoms with E-state index in [1.807, 2.05) is 0 Å². The van der Waals surface area contributed by atoms with Crippen LogP contribution in [-0.4, -0.2) is 35.1 Å². The fourth-order valence-electron chi connectivity index (χ4n) is 2.22. The average Bonchev–Trinajstić information content (AvgIpc) is 2.06. The van der Waals surface area contributed by atoms with Crippen LogP contribution < -0.4 is 0 Å². The maximum Gasteiger partial charge on any atom is 0.320 e. The van der Waals surface area contributed by atoms with E-state index in [4.69, 9.17) is 5.11 Å². The van der Waals surface area contributed by atoms with Gasteiger partial charge >= 0.3 is 5.97 Å². The topological polar surface area (TPSA) is 40.5 Å². The summed E-state index contributed by atoms with van der Waals surface area (Å²) in [5, 5.41) is 8.82. The molecule has 2 bridgehead atoms. The summed E-state index contributed by atoms with van der Waals surface area (Å²) in [5.74, 6) is 0.0653. The number of hydrogen-bond donors (Lipinski definition) is 1. The van der Waals surface area contributed by atoms with E-state index in [9.17, 15) is 4.79 Å². The lowest BCUT2D eigenvalue weighted by Gasteiger charge is -2.43. The van der Waals surface area contributed by atoms with Crippen molar-refractivity contribution in [2.45, 2.75) is 25.3 Å². The van der Waals surface area contributed by atoms with Gasteiger partial charge in [-0.05, 0) is 38.3 Å². The predicted octanol–water partition coefficient (Wildman–Crippen LogP) is 0.555. The minimum atomic E-state index is -0.630. The van der Waals surface area contributed by atoms with E-state index in [0.29, 0.717) is 5.92 Å². The summed E-state index contributed by atoms with van der Waals surface area (Å²) in [6.45, 7) is 2.00. The highest BCUT2D eigenvalue weighted by molar-refractivity contribution is 5.73. The van der Waals surface area contributed by atoms with E-state index in [1.165, 1.54) is 12.8 Å². The summed E-state index contributed by atoms with van der Waals surface area (Å²) in [4.78, 5) is 12.8. The maximum atomic E-state index is 10.7. The number of aliphatic carboxylic acids is 1. The molecular weight excluding hydrogens is 142 g/mol. The highest BCUT2D eigenvalue weighted by Crippen LogP contribution is 2.31. The van der Waals surface area contributed by atoms with Gasteiger partial charge in [0.2, 0.25) is 0 Å². The van der Waals surface area contributed by atoms with Crippen LogP contribution in [0.5, 0.6) is 0 Å². The van der Waals surface area contributed by atoms with Crippen LogP contribution in [0.3, 0.4) is 0 Å². The summed E-state index contributed by atoms with van der Waals surface area (Å²) < 4.78 is 0. The van der Waals surface area contributed by atoms with Crippen molar-refractivity contribution in [3.63, 3.8) is 0 Å². The molecule has 3 fully saturated rings. The normalized spacial score (nSPS) is 42.4. The molecule has 0 saturated carbocycles. The summed E-state index contributed by atoms with van der Waals surface area (Å²) in [6, 6.07) is -0.164. The largest absolute Gasteiger partial charge is 0.480 e. The van der Waals surface area contributed by atoms with Gasteiger partial charge in [0.15, 0.2) is 0 Å². The van der Waals surface area contributed by atoms with E-state index in [-0.39, 0.29) is 6.04 Å². The zero-order valence-electron chi connectivity index (χ0n) is 6.49. The number of carboxylic acid groups (broad SMARTS) is 1. The van der Waals surface area contributed by atoms with Crippen LogP contribution in [0.4, 0.5) is 0 Å². The van der Waals surface area contributed by atoms with Gasteiger partial charge in [-0.3, -0.25) is 9.69 Å². The Hall–Kier alpha value is -0.570. The molecule has 1 atom stereocenters. The Labute approximate surface area is 66.0 Å². The van der Waals surface area contributed by atoms with Crippen LogP contribution in [-0.2, 0) is 4.79 Å². The predicted molar refractivity (Wildman–Crippen MR) is 40.3 cm³/mol. The van der Waals surface area contributed by atoms with Gasteiger partial charge in [0, 0.05) is 0 Å². The molecule has 3 heteroatoms. The molecule has 3 rings (SSSR count). The van der Waals surface area contributed by atoms with Crippen molar-refractivity contribution >= 4 is 5.97 Å². The number of piperidine rings is 3. The number of fused-ring (bicyclic) bond motifs is 3. The molecule has 0 aromatic carbocycles. The van der Waals surface area contributed by atoms with Crippen molar-refractivity contribution in [2.75, 3.05) is 13.1 Å². The molecule has 3 saturated heterocycles. The summed E-state index contributed by atoms with van der Waals surface area (Å²) in [6.07, 6.45) is 3.31. The maximum absolute atomic E-state index is 10.7. The van der Waals surface area contributed by atoms with Crippen molar-refractivity contribution in [1.82, 2.24) is 4.90 Å². The molecule has 3 nitrogen and oxygen atoms in total. The van der Waals surface area contributed by atoms with Gasteiger partial charge in [-0.15, -0.1) is 0 Å². The van der Waals surface area contributed by atoms with Crippen molar-refractivity contribution in [3.8, 4) is 0 Å². The van der Waals surface area contributed by atoms with Crippen LogP contribution in [0.1, 0.15) is 19.3 Å². The smallest absolute Gasteiger partial charge is 0.320 e. The Morgan fingerprint density at radius 1 is 1.36 bits per heavy atom. The van der Waals surface area contributed by atoms with Crippen molar-refractivity contribution in [3.05, 3.63) is 0 Å². The highest BCUT2D eigenvalue weighted by Gasteiger charge is 2.37. The zero-order valence-corrected chi connectivity index (χ0v) is 6.49. The van der Waals surface area contributed by atoms with E-state index >= 15 is 0 Å². The Bertz CT molecular complexity index is 173. The molecule has 3 aliphatic rings. The fraction of sp³-hybridized carbons (Fsp3) is 0.875. The van der Waals surface area contributed by atoms with Crippen LogP contribution in [0, 0.1) is 5.92 Å². The van der Waals surface area contributed by atoms with Crippen LogP contribution in [0.2, 0.25) is 0 Å². The van der Waals surface area contributed by atoms with Crippen LogP contribution in [0.15, 0.2) is 0 Å². The molecule has 0 aromatic heterocycles. The van der Waals surface area contributed by atoms with E-state index in [1.54, 1.807) is 0 Å². The molecular formula is C8H13NO2. The standard InChI is InChI=1S/C8H13NO2/c10-8(11)7-5-6-1-3-9(7)4-2-6/h6-7H,1-5H2,(H,10,11). The second-order valence-corrected chi connectivity index (χ2v) is 3.57. The van der Waals surface area contributed by atoms with Crippen molar-refractivity contribution in [2.24, 2.45) is 5.92 Å². The molecule has 0 aliphatic carbocycles. The lowest BCUT2D eigenvalue weighted by atomic mass is 9.83. The summed E-state index contributed by atoms with van der Waals surface area (Å²) in [5.41, 5.74) is 0. The number of carboxylic acids is 1. The second-order valence-electron chi connectivity index (χ2n) is 3.57. The van der Waals surface area contributed by atoms with Gasteiger partial charge in [-0.1, -0.05) is 0 Å². The van der Waals surface area contributed by atoms with Gasteiger partial charge in [0.05, 0.1) is 0 Å². The first-order valence-electron chi connectivity index (χ1n) is 4.24. The molecule has 0 aromatic rings. The third-order valence-electron chi connectivity index (χ3n) is 2.93. The van der Waals surface area contributed by atoms with E-state index in [0.717, 1.165) is 19.5 Å². The van der Waals surface area contributed by atoms with Crippen molar-refractivity contribution in [1.29, 1.82) is 0 Å². The number of rotatable bonds is 1. The SMILES string of the molecule is O=C(O)C1CC2CCN1CC2. The Morgan fingerprint density at radius 2 is 2.00 bits per heavy atom. The number of carbonyl (C=O) groups is 1. The third-order valence-corrected chi connectivity index (χ3v) is 2.93. The lowest BCUT2D eigenvalue weighted by molar-refractivity contribution is -0.147. The first-order chi connectivity index (χ1) is 5.27. The monoisotopic (exact) mass is 155 g/mol. The lowest BCUT2D eigenvalue weighted by Crippen LogP contribution is -2.52. The molecule has 3 heterocycles. The number of hydrogen-bond acceptors (Lipinski definition) is 2. The first kappa shape index (κ1) is 7.10. The Balaban J connectivity index is 2.08.